The molecule has 1 saturated heterocycles. The third-order valence-corrected chi connectivity index (χ3v) is 4.81. The molecule has 152 valence electrons. The number of benzene rings is 2. The SMILES string of the molecule is O=C(CN1CCN(C(=O)/C=C/c2ccc(F)c(Cl)c2)CC1)Nc1cccc(F)c1. The van der Waals surface area contributed by atoms with E-state index in [0.717, 1.165) is 0 Å². The van der Waals surface area contributed by atoms with Gasteiger partial charge in [-0.25, -0.2) is 8.78 Å². The van der Waals surface area contributed by atoms with E-state index in [-0.39, 0.29) is 23.4 Å². The average molecular weight is 420 g/mol. The molecule has 1 aliphatic rings. The van der Waals surface area contributed by atoms with Crippen molar-refractivity contribution in [3.63, 3.8) is 0 Å². The third kappa shape index (κ3) is 6.10. The number of piperazine rings is 1. The Labute approximate surface area is 172 Å². The Morgan fingerprint density at radius 3 is 2.52 bits per heavy atom. The van der Waals surface area contributed by atoms with Crippen LogP contribution in [0.4, 0.5) is 14.5 Å². The first kappa shape index (κ1) is 21.0. The number of hydrogen-bond donors (Lipinski definition) is 1. The van der Waals surface area contributed by atoms with E-state index in [1.807, 2.05) is 4.90 Å². The van der Waals surface area contributed by atoms with Crippen LogP contribution in [0.1, 0.15) is 5.56 Å². The Bertz CT molecular complexity index is 928. The van der Waals surface area contributed by atoms with Gasteiger partial charge in [-0.15, -0.1) is 0 Å². The van der Waals surface area contributed by atoms with E-state index >= 15 is 0 Å². The third-order valence-electron chi connectivity index (χ3n) is 4.52. The standard InChI is InChI=1S/C21H20ClF2N3O2/c22-18-12-15(4-6-19(18)24)5-7-21(29)27-10-8-26(9-11-27)14-20(28)25-17-3-1-2-16(23)13-17/h1-7,12-13H,8-11,14H2,(H,25,28)/b7-5+. The number of halogens is 3. The molecule has 0 bridgehead atoms. The molecule has 1 fully saturated rings. The fourth-order valence-electron chi connectivity index (χ4n) is 2.99. The summed E-state index contributed by atoms with van der Waals surface area (Å²) in [6, 6.07) is 9.97. The van der Waals surface area contributed by atoms with Crippen LogP contribution in [0.5, 0.6) is 0 Å². The molecule has 0 unspecified atom stereocenters. The molecule has 0 aromatic heterocycles. The summed E-state index contributed by atoms with van der Waals surface area (Å²) < 4.78 is 26.3. The minimum absolute atomic E-state index is 0.00438. The molecule has 2 aromatic rings. The lowest BCUT2D eigenvalue weighted by Gasteiger charge is -2.33. The zero-order chi connectivity index (χ0) is 20.8. The smallest absolute Gasteiger partial charge is 0.246 e. The van der Waals surface area contributed by atoms with Crippen molar-refractivity contribution >= 4 is 35.2 Å². The number of amides is 2. The van der Waals surface area contributed by atoms with Crippen LogP contribution >= 0.6 is 11.6 Å². The van der Waals surface area contributed by atoms with E-state index in [9.17, 15) is 18.4 Å². The fraction of sp³-hybridized carbons (Fsp3) is 0.238. The number of nitrogens with one attached hydrogen (secondary N) is 1. The van der Waals surface area contributed by atoms with Crippen LogP contribution in [0.3, 0.4) is 0 Å². The van der Waals surface area contributed by atoms with Gasteiger partial charge in [0.15, 0.2) is 0 Å². The largest absolute Gasteiger partial charge is 0.337 e. The van der Waals surface area contributed by atoms with Gasteiger partial charge in [0.1, 0.15) is 11.6 Å². The van der Waals surface area contributed by atoms with Crippen LogP contribution in [-0.4, -0.2) is 54.3 Å². The Morgan fingerprint density at radius 2 is 1.83 bits per heavy atom. The predicted molar refractivity (Wildman–Crippen MR) is 108 cm³/mol. The summed E-state index contributed by atoms with van der Waals surface area (Å²) in [5.74, 6) is -1.31. The Kier molecular flexibility index (Phi) is 6.95. The number of carbonyl (C=O) groups is 2. The van der Waals surface area contributed by atoms with Crippen molar-refractivity contribution in [1.29, 1.82) is 0 Å². The average Bonchev–Trinajstić information content (AvgIpc) is 2.69. The summed E-state index contributed by atoms with van der Waals surface area (Å²) >= 11 is 5.73. The molecule has 1 heterocycles. The first-order chi connectivity index (χ1) is 13.9. The number of rotatable bonds is 5. The maximum absolute atomic E-state index is 13.2. The molecule has 1 aliphatic heterocycles. The lowest BCUT2D eigenvalue weighted by atomic mass is 10.2. The van der Waals surface area contributed by atoms with E-state index in [1.165, 1.54) is 36.4 Å². The van der Waals surface area contributed by atoms with Gasteiger partial charge in [0, 0.05) is 37.9 Å². The molecule has 3 rings (SSSR count). The molecule has 0 atom stereocenters. The van der Waals surface area contributed by atoms with Crippen LogP contribution < -0.4 is 5.32 Å². The second-order valence-corrected chi connectivity index (χ2v) is 7.07. The molecule has 8 heteroatoms. The maximum Gasteiger partial charge on any atom is 0.246 e. The minimum atomic E-state index is -0.507. The van der Waals surface area contributed by atoms with Crippen molar-refractivity contribution in [1.82, 2.24) is 9.80 Å². The van der Waals surface area contributed by atoms with Crippen molar-refractivity contribution < 1.29 is 18.4 Å². The van der Waals surface area contributed by atoms with Gasteiger partial charge in [-0.3, -0.25) is 14.5 Å². The van der Waals surface area contributed by atoms with Gasteiger partial charge < -0.3 is 10.2 Å². The van der Waals surface area contributed by atoms with Gasteiger partial charge in [-0.1, -0.05) is 23.7 Å². The minimum Gasteiger partial charge on any atom is -0.337 e. The van der Waals surface area contributed by atoms with Crippen LogP contribution in [0.2, 0.25) is 5.02 Å². The summed E-state index contributed by atoms with van der Waals surface area (Å²) in [5, 5.41) is 2.67. The topological polar surface area (TPSA) is 52.7 Å². The highest BCUT2D eigenvalue weighted by Gasteiger charge is 2.21. The van der Waals surface area contributed by atoms with Crippen molar-refractivity contribution in [3.8, 4) is 0 Å². The summed E-state index contributed by atoms with van der Waals surface area (Å²) in [4.78, 5) is 28.1. The number of hydrogen-bond acceptors (Lipinski definition) is 3. The van der Waals surface area contributed by atoms with E-state index in [1.54, 1.807) is 23.1 Å². The second-order valence-electron chi connectivity index (χ2n) is 6.67. The predicted octanol–water partition coefficient (Wildman–Crippen LogP) is 3.41. The molecule has 2 aromatic carbocycles. The summed E-state index contributed by atoms with van der Waals surface area (Å²) in [6.45, 7) is 2.25. The number of nitrogens with zero attached hydrogens (tertiary/aromatic N) is 2. The van der Waals surface area contributed by atoms with Crippen LogP contribution in [0.15, 0.2) is 48.5 Å². The van der Waals surface area contributed by atoms with Gasteiger partial charge >= 0.3 is 0 Å². The van der Waals surface area contributed by atoms with Crippen molar-refractivity contribution in [2.45, 2.75) is 0 Å². The highest BCUT2D eigenvalue weighted by atomic mass is 35.5. The van der Waals surface area contributed by atoms with Crippen molar-refractivity contribution in [2.24, 2.45) is 0 Å². The lowest BCUT2D eigenvalue weighted by Crippen LogP contribution is -2.50. The monoisotopic (exact) mass is 419 g/mol. The van der Waals surface area contributed by atoms with Crippen molar-refractivity contribution in [2.75, 3.05) is 38.0 Å². The van der Waals surface area contributed by atoms with Gasteiger partial charge in [0.05, 0.1) is 11.6 Å². The van der Waals surface area contributed by atoms with Gasteiger partial charge in [-0.2, -0.15) is 0 Å². The van der Waals surface area contributed by atoms with E-state index in [2.05, 4.69) is 5.32 Å². The number of anilines is 1. The first-order valence-electron chi connectivity index (χ1n) is 9.10. The molecule has 0 spiro atoms. The molecular formula is C21H20ClF2N3O2. The van der Waals surface area contributed by atoms with Gasteiger partial charge in [0.2, 0.25) is 11.8 Å². The zero-order valence-electron chi connectivity index (χ0n) is 15.6. The van der Waals surface area contributed by atoms with Crippen LogP contribution in [0, 0.1) is 11.6 Å². The summed E-state index contributed by atoms with van der Waals surface area (Å²) in [7, 11) is 0. The summed E-state index contributed by atoms with van der Waals surface area (Å²) in [6.07, 6.45) is 3.02. The van der Waals surface area contributed by atoms with E-state index in [0.29, 0.717) is 37.4 Å². The van der Waals surface area contributed by atoms with Crippen molar-refractivity contribution in [3.05, 3.63) is 70.8 Å². The van der Waals surface area contributed by atoms with Crippen LogP contribution in [0.25, 0.3) is 6.08 Å². The highest BCUT2D eigenvalue weighted by molar-refractivity contribution is 6.30. The molecule has 1 N–H and O–H groups in total. The normalized spacial score (nSPS) is 14.9. The lowest BCUT2D eigenvalue weighted by molar-refractivity contribution is -0.127. The molecule has 0 saturated carbocycles. The zero-order valence-corrected chi connectivity index (χ0v) is 16.3. The summed E-state index contributed by atoms with van der Waals surface area (Å²) in [5.41, 5.74) is 1.05. The van der Waals surface area contributed by atoms with Gasteiger partial charge in [0.25, 0.3) is 0 Å². The second kappa shape index (κ2) is 9.62. The Balaban J connectivity index is 1.45. The Morgan fingerprint density at radius 1 is 1.07 bits per heavy atom. The molecule has 0 radical (unpaired) electrons. The molecular weight excluding hydrogens is 400 g/mol. The van der Waals surface area contributed by atoms with Crippen LogP contribution in [-0.2, 0) is 9.59 Å². The number of carbonyl (C=O) groups excluding carboxylic acids is 2. The molecule has 29 heavy (non-hydrogen) atoms. The molecule has 0 aliphatic carbocycles. The van der Waals surface area contributed by atoms with E-state index in [4.69, 9.17) is 11.6 Å². The first-order valence-corrected chi connectivity index (χ1v) is 9.48. The highest BCUT2D eigenvalue weighted by Crippen LogP contribution is 2.17. The quantitative estimate of drug-likeness (QED) is 0.756. The maximum atomic E-state index is 13.2. The molecule has 2 amide bonds. The van der Waals surface area contributed by atoms with E-state index < -0.39 is 11.6 Å². The Hall–Kier alpha value is -2.77. The molecule has 5 nitrogen and oxygen atoms in total. The fourth-order valence-corrected chi connectivity index (χ4v) is 3.17. The van der Waals surface area contributed by atoms with Gasteiger partial charge in [-0.05, 0) is 42.0 Å².